The fraction of sp³-hybridized carbons (Fsp3) is 0.545. The van der Waals surface area contributed by atoms with Gasteiger partial charge in [-0.05, 0) is 95.2 Å². The number of ether oxygens (including phenoxy) is 1. The summed E-state index contributed by atoms with van der Waals surface area (Å²) in [6, 6.07) is 15.6. The predicted octanol–water partition coefficient (Wildman–Crippen LogP) is 5.88. The van der Waals surface area contributed by atoms with E-state index in [1.807, 2.05) is 69.3 Å². The molecular formula is C33H45N3O6. The van der Waals surface area contributed by atoms with Gasteiger partial charge in [0.15, 0.2) is 0 Å². The number of aliphatic hydroxyl groups is 1. The molecule has 228 valence electrons. The Morgan fingerprint density at radius 2 is 1.64 bits per heavy atom. The third-order valence-electron chi connectivity index (χ3n) is 8.12. The molecule has 0 spiro atoms. The van der Waals surface area contributed by atoms with Crippen LogP contribution in [0.25, 0.3) is 11.1 Å². The van der Waals surface area contributed by atoms with Crippen molar-refractivity contribution in [3.05, 3.63) is 54.1 Å². The second-order valence-electron chi connectivity index (χ2n) is 12.7. The molecule has 42 heavy (non-hydrogen) atoms. The van der Waals surface area contributed by atoms with E-state index >= 15 is 0 Å². The van der Waals surface area contributed by atoms with E-state index in [1.165, 1.54) is 4.90 Å². The molecular weight excluding hydrogens is 534 g/mol. The maximum atomic E-state index is 12.8. The van der Waals surface area contributed by atoms with E-state index < -0.39 is 17.8 Å². The summed E-state index contributed by atoms with van der Waals surface area (Å²) in [4.78, 5) is 38.9. The second-order valence-corrected chi connectivity index (χ2v) is 12.7. The molecule has 0 aliphatic heterocycles. The predicted molar refractivity (Wildman–Crippen MR) is 162 cm³/mol. The number of aryl methyl sites for hydroxylation is 1. The Morgan fingerprint density at radius 3 is 2.26 bits per heavy atom. The highest BCUT2D eigenvalue weighted by atomic mass is 16.6. The number of carboxylic acid groups (broad SMARTS) is 1. The van der Waals surface area contributed by atoms with Crippen molar-refractivity contribution in [3.8, 4) is 11.1 Å². The van der Waals surface area contributed by atoms with Gasteiger partial charge >= 0.3 is 12.2 Å². The summed E-state index contributed by atoms with van der Waals surface area (Å²) in [5.74, 6) is 0.312. The van der Waals surface area contributed by atoms with Crippen molar-refractivity contribution in [3.63, 3.8) is 0 Å². The number of alkyl carbamates (subject to hydrolysis) is 1. The monoisotopic (exact) mass is 579 g/mol. The highest BCUT2D eigenvalue weighted by Gasteiger charge is 2.33. The lowest BCUT2D eigenvalue weighted by atomic mass is 9.81. The number of amides is 3. The number of carbonyl (C=O) groups is 3. The molecule has 2 aromatic rings. The molecule has 4 N–H and O–H groups in total. The van der Waals surface area contributed by atoms with Crippen molar-refractivity contribution in [2.75, 3.05) is 11.5 Å². The van der Waals surface area contributed by atoms with Gasteiger partial charge in [0, 0.05) is 36.7 Å². The molecule has 4 rings (SSSR count). The summed E-state index contributed by atoms with van der Waals surface area (Å²) in [6.07, 6.45) is 4.45. The zero-order valence-electron chi connectivity index (χ0n) is 25.0. The Labute approximate surface area is 248 Å². The van der Waals surface area contributed by atoms with Crippen LogP contribution < -0.4 is 15.5 Å². The van der Waals surface area contributed by atoms with Crippen molar-refractivity contribution < 1.29 is 29.3 Å². The number of benzene rings is 2. The fourth-order valence-corrected chi connectivity index (χ4v) is 5.96. The number of hydrogen-bond acceptors (Lipinski definition) is 5. The van der Waals surface area contributed by atoms with Crippen LogP contribution in [0.2, 0.25) is 0 Å². The standard InChI is InChI=1S/C33H45N3O6/c1-33(2,3)42-31(39)35-25-13-15-27(16-14-25)36(32(40)41)29-20-22(12-17-28(29)24-9-5-4-6-10-24)8-7-11-30(38)34-26-18-23(19-26)21-37/h4-6,9-10,12,17,20,23,25-27,37H,7-8,11,13-16,18-19,21H2,1-3H3,(H,34,38)(H,35,39)(H,40,41). The van der Waals surface area contributed by atoms with Gasteiger partial charge in [-0.3, -0.25) is 9.69 Å². The Bertz CT molecular complexity index is 1210. The number of hydrogen-bond donors (Lipinski definition) is 4. The third kappa shape index (κ3) is 8.71. The number of aliphatic hydroxyl groups excluding tert-OH is 1. The van der Waals surface area contributed by atoms with Gasteiger partial charge < -0.3 is 25.6 Å². The number of nitrogens with zero attached hydrogens (tertiary/aromatic N) is 1. The number of nitrogens with one attached hydrogen (secondary N) is 2. The Balaban J connectivity index is 1.44. The summed E-state index contributed by atoms with van der Waals surface area (Å²) < 4.78 is 5.39. The molecule has 0 saturated heterocycles. The van der Waals surface area contributed by atoms with Crippen LogP contribution in [0.3, 0.4) is 0 Å². The molecule has 2 aliphatic carbocycles. The lowest BCUT2D eigenvalue weighted by Crippen LogP contribution is -2.47. The molecule has 0 atom stereocenters. The van der Waals surface area contributed by atoms with Gasteiger partial charge in [-0.2, -0.15) is 0 Å². The van der Waals surface area contributed by atoms with Crippen LogP contribution in [0.4, 0.5) is 15.3 Å². The van der Waals surface area contributed by atoms with Gasteiger partial charge in [0.1, 0.15) is 5.60 Å². The average Bonchev–Trinajstić information content (AvgIpc) is 2.91. The minimum Gasteiger partial charge on any atom is -0.465 e. The third-order valence-corrected chi connectivity index (χ3v) is 8.12. The smallest absolute Gasteiger partial charge is 0.412 e. The summed E-state index contributed by atoms with van der Waals surface area (Å²) in [5.41, 5.74) is 2.82. The van der Waals surface area contributed by atoms with Gasteiger partial charge in [0.2, 0.25) is 5.91 Å². The number of anilines is 1. The van der Waals surface area contributed by atoms with E-state index in [0.717, 1.165) is 29.5 Å². The zero-order valence-corrected chi connectivity index (χ0v) is 25.0. The van der Waals surface area contributed by atoms with Gasteiger partial charge in [0.25, 0.3) is 0 Å². The van der Waals surface area contributed by atoms with Gasteiger partial charge in [-0.1, -0.05) is 42.5 Å². The molecule has 0 radical (unpaired) electrons. The van der Waals surface area contributed by atoms with Gasteiger partial charge in [-0.25, -0.2) is 9.59 Å². The Kier molecular flexibility index (Phi) is 10.5. The summed E-state index contributed by atoms with van der Waals surface area (Å²) in [7, 11) is 0. The zero-order chi connectivity index (χ0) is 30.3. The van der Waals surface area contributed by atoms with Crippen molar-refractivity contribution >= 4 is 23.8 Å². The highest BCUT2D eigenvalue weighted by molar-refractivity contribution is 5.93. The van der Waals surface area contributed by atoms with Crippen LogP contribution in [0, 0.1) is 5.92 Å². The highest BCUT2D eigenvalue weighted by Crippen LogP contribution is 2.37. The Hall–Kier alpha value is -3.59. The lowest BCUT2D eigenvalue weighted by molar-refractivity contribution is -0.122. The Morgan fingerprint density at radius 1 is 0.952 bits per heavy atom. The average molecular weight is 580 g/mol. The van der Waals surface area contributed by atoms with Crippen LogP contribution in [-0.4, -0.2) is 58.6 Å². The summed E-state index contributed by atoms with van der Waals surface area (Å²) in [5, 5.41) is 25.6. The molecule has 2 fully saturated rings. The van der Waals surface area contributed by atoms with Crippen LogP contribution in [0.5, 0.6) is 0 Å². The molecule has 0 unspecified atom stereocenters. The fourth-order valence-electron chi connectivity index (χ4n) is 5.96. The van der Waals surface area contributed by atoms with E-state index in [4.69, 9.17) is 4.74 Å². The van der Waals surface area contributed by atoms with Gasteiger partial charge in [0.05, 0.1) is 5.69 Å². The second kappa shape index (κ2) is 14.1. The summed E-state index contributed by atoms with van der Waals surface area (Å²) >= 11 is 0. The molecule has 2 aliphatic rings. The van der Waals surface area contributed by atoms with E-state index in [-0.39, 0.29) is 30.6 Å². The van der Waals surface area contributed by atoms with Crippen LogP contribution in [-0.2, 0) is 16.0 Å². The van der Waals surface area contributed by atoms with E-state index in [9.17, 15) is 24.6 Å². The molecule has 9 heteroatoms. The summed E-state index contributed by atoms with van der Waals surface area (Å²) in [6.45, 7) is 5.64. The topological polar surface area (TPSA) is 128 Å². The molecule has 0 bridgehead atoms. The normalized spacial score (nSPS) is 22.0. The number of rotatable bonds is 10. The largest absolute Gasteiger partial charge is 0.465 e. The number of carbonyl (C=O) groups excluding carboxylic acids is 2. The minimum atomic E-state index is -1.01. The maximum absolute atomic E-state index is 12.8. The van der Waals surface area contributed by atoms with Crippen molar-refractivity contribution in [1.82, 2.24) is 10.6 Å². The van der Waals surface area contributed by atoms with Crippen LogP contribution in [0.15, 0.2) is 48.5 Å². The SMILES string of the molecule is CC(C)(C)OC(=O)NC1CCC(N(C(=O)O)c2cc(CCCC(=O)NC3CC(CO)C3)ccc2-c2ccccc2)CC1. The van der Waals surface area contributed by atoms with Gasteiger partial charge in [-0.15, -0.1) is 0 Å². The van der Waals surface area contributed by atoms with E-state index in [2.05, 4.69) is 10.6 Å². The first-order valence-corrected chi connectivity index (χ1v) is 15.1. The minimum absolute atomic E-state index is 0.0152. The molecule has 2 aromatic carbocycles. The maximum Gasteiger partial charge on any atom is 0.412 e. The molecule has 9 nitrogen and oxygen atoms in total. The molecule has 0 heterocycles. The first kappa shape index (κ1) is 31.3. The first-order valence-electron chi connectivity index (χ1n) is 15.1. The van der Waals surface area contributed by atoms with E-state index in [1.54, 1.807) is 0 Å². The molecule has 2 saturated carbocycles. The lowest BCUT2D eigenvalue weighted by Gasteiger charge is -2.36. The van der Waals surface area contributed by atoms with E-state index in [0.29, 0.717) is 56.6 Å². The van der Waals surface area contributed by atoms with Crippen LogP contribution >= 0.6 is 0 Å². The van der Waals surface area contributed by atoms with Crippen LogP contribution in [0.1, 0.15) is 77.7 Å². The molecule has 0 aromatic heterocycles. The van der Waals surface area contributed by atoms with Crippen molar-refractivity contribution in [2.45, 2.75) is 102 Å². The molecule has 3 amide bonds. The quantitative estimate of drug-likeness (QED) is 0.278. The van der Waals surface area contributed by atoms with Crippen molar-refractivity contribution in [2.24, 2.45) is 5.92 Å². The van der Waals surface area contributed by atoms with Crippen molar-refractivity contribution in [1.29, 1.82) is 0 Å². The first-order chi connectivity index (χ1) is 20.0.